The highest BCUT2D eigenvalue weighted by Gasteiger charge is 2.32. The third-order valence-corrected chi connectivity index (χ3v) is 2.80. The predicted molar refractivity (Wildman–Crippen MR) is 65.4 cm³/mol. The van der Waals surface area contributed by atoms with Gasteiger partial charge in [-0.15, -0.1) is 0 Å². The first-order chi connectivity index (χ1) is 8.61. The molecule has 6 heteroatoms. The molecular weight excluding hydrogens is 234 g/mol. The molecule has 1 aliphatic heterocycles. The topological polar surface area (TPSA) is 84.7 Å². The van der Waals surface area contributed by atoms with Crippen LogP contribution in [0.1, 0.15) is 10.4 Å². The number of hydrogen-bond acceptors (Lipinski definition) is 3. The lowest BCUT2D eigenvalue weighted by atomic mass is 10.1. The van der Waals surface area contributed by atoms with Gasteiger partial charge in [0.15, 0.2) is 0 Å². The average Bonchev–Trinajstić information content (AvgIpc) is 2.32. The molecule has 0 saturated carbocycles. The van der Waals surface area contributed by atoms with Crippen LogP contribution in [-0.2, 0) is 0 Å². The number of rotatable bonds is 3. The lowest BCUT2D eigenvalue weighted by Crippen LogP contribution is -2.58. The lowest BCUT2D eigenvalue weighted by Gasteiger charge is -2.38. The van der Waals surface area contributed by atoms with Gasteiger partial charge < -0.3 is 20.7 Å². The minimum absolute atomic E-state index is 0.0946. The van der Waals surface area contributed by atoms with Crippen molar-refractivity contribution in [2.75, 3.05) is 20.1 Å². The summed E-state index contributed by atoms with van der Waals surface area (Å²) in [5.41, 5.74) is 5.61. The molecule has 1 aliphatic rings. The van der Waals surface area contributed by atoms with Crippen molar-refractivity contribution in [1.29, 1.82) is 0 Å². The van der Waals surface area contributed by atoms with E-state index in [0.29, 0.717) is 24.4 Å². The number of para-hydroxylation sites is 1. The number of nitrogens with two attached hydrogens (primary N) is 1. The number of nitrogens with one attached hydrogen (secondary N) is 1. The van der Waals surface area contributed by atoms with E-state index in [1.165, 1.54) is 0 Å². The van der Waals surface area contributed by atoms with Crippen molar-refractivity contribution in [3.63, 3.8) is 0 Å². The first kappa shape index (κ1) is 12.2. The summed E-state index contributed by atoms with van der Waals surface area (Å²) in [5.74, 6) is -0.0559. The number of ether oxygens (including phenoxy) is 1. The van der Waals surface area contributed by atoms with Gasteiger partial charge in [0.1, 0.15) is 11.9 Å². The molecule has 1 aromatic carbocycles. The van der Waals surface area contributed by atoms with Gasteiger partial charge in [-0.05, 0) is 12.1 Å². The third kappa shape index (κ3) is 2.37. The number of hydrogen-bond donors (Lipinski definition) is 2. The maximum atomic E-state index is 11.3. The van der Waals surface area contributed by atoms with E-state index in [1.807, 2.05) is 0 Å². The van der Waals surface area contributed by atoms with Gasteiger partial charge in [-0.2, -0.15) is 0 Å². The number of primary amides is 1. The van der Waals surface area contributed by atoms with E-state index < -0.39 is 5.91 Å². The van der Waals surface area contributed by atoms with E-state index in [4.69, 9.17) is 10.5 Å². The first-order valence-corrected chi connectivity index (χ1v) is 5.64. The Morgan fingerprint density at radius 3 is 2.67 bits per heavy atom. The molecule has 3 amide bonds. The Hall–Kier alpha value is -2.24. The molecule has 1 heterocycles. The van der Waals surface area contributed by atoms with Crippen LogP contribution in [0.4, 0.5) is 4.79 Å². The SMILES string of the molecule is CNC(=O)N1CC(Oc2ccccc2C(N)=O)C1. The Morgan fingerprint density at radius 1 is 1.39 bits per heavy atom. The molecule has 96 valence electrons. The summed E-state index contributed by atoms with van der Waals surface area (Å²) in [4.78, 5) is 24.1. The van der Waals surface area contributed by atoms with Crippen molar-refractivity contribution in [2.45, 2.75) is 6.10 Å². The van der Waals surface area contributed by atoms with Gasteiger partial charge in [0.25, 0.3) is 5.91 Å². The van der Waals surface area contributed by atoms with Crippen LogP contribution in [0.3, 0.4) is 0 Å². The largest absolute Gasteiger partial charge is 0.486 e. The fourth-order valence-electron chi connectivity index (χ4n) is 1.79. The Kier molecular flexibility index (Phi) is 3.36. The predicted octanol–water partition coefficient (Wildman–Crippen LogP) is 0.188. The summed E-state index contributed by atoms with van der Waals surface area (Å²) < 4.78 is 5.65. The van der Waals surface area contributed by atoms with E-state index in [2.05, 4.69) is 5.32 Å². The second kappa shape index (κ2) is 4.95. The Balaban J connectivity index is 1.96. The number of nitrogens with zero attached hydrogens (tertiary/aromatic N) is 1. The smallest absolute Gasteiger partial charge is 0.317 e. The summed E-state index contributed by atoms with van der Waals surface area (Å²) >= 11 is 0. The van der Waals surface area contributed by atoms with Crippen molar-refractivity contribution in [2.24, 2.45) is 5.73 Å². The summed E-state index contributed by atoms with van der Waals surface area (Å²) in [6, 6.07) is 6.69. The summed E-state index contributed by atoms with van der Waals surface area (Å²) in [5, 5.41) is 2.54. The maximum Gasteiger partial charge on any atom is 0.317 e. The van der Waals surface area contributed by atoms with Crippen molar-refractivity contribution in [3.05, 3.63) is 29.8 Å². The molecule has 1 fully saturated rings. The van der Waals surface area contributed by atoms with Gasteiger partial charge in [-0.3, -0.25) is 4.79 Å². The highest BCUT2D eigenvalue weighted by molar-refractivity contribution is 5.95. The van der Waals surface area contributed by atoms with Crippen molar-refractivity contribution in [1.82, 2.24) is 10.2 Å². The fraction of sp³-hybridized carbons (Fsp3) is 0.333. The molecule has 0 atom stereocenters. The normalized spacial score (nSPS) is 14.8. The van der Waals surface area contributed by atoms with E-state index >= 15 is 0 Å². The second-order valence-corrected chi connectivity index (χ2v) is 4.06. The van der Waals surface area contributed by atoms with Gasteiger partial charge in [-0.25, -0.2) is 4.79 Å². The van der Waals surface area contributed by atoms with E-state index in [9.17, 15) is 9.59 Å². The van der Waals surface area contributed by atoms with Crippen molar-refractivity contribution >= 4 is 11.9 Å². The summed E-state index contributed by atoms with van der Waals surface area (Å²) in [6.07, 6.45) is -0.0946. The lowest BCUT2D eigenvalue weighted by molar-refractivity contribution is 0.0443. The van der Waals surface area contributed by atoms with Gasteiger partial charge in [0, 0.05) is 7.05 Å². The molecule has 1 saturated heterocycles. The number of carbonyl (C=O) groups is 2. The van der Waals surface area contributed by atoms with E-state index in [-0.39, 0.29) is 12.1 Å². The Bertz CT molecular complexity index is 469. The van der Waals surface area contributed by atoms with Gasteiger partial charge in [-0.1, -0.05) is 12.1 Å². The Labute approximate surface area is 105 Å². The van der Waals surface area contributed by atoms with Crippen LogP contribution in [0, 0.1) is 0 Å². The average molecular weight is 249 g/mol. The first-order valence-electron chi connectivity index (χ1n) is 5.64. The standard InChI is InChI=1S/C12H15N3O3/c1-14-12(17)15-6-8(7-15)18-10-5-3-2-4-9(10)11(13)16/h2-5,8H,6-7H2,1H3,(H2,13,16)(H,14,17). The van der Waals surface area contributed by atoms with Gasteiger partial charge in [0.2, 0.25) is 0 Å². The minimum atomic E-state index is -0.520. The van der Waals surface area contributed by atoms with Crippen LogP contribution in [0.25, 0.3) is 0 Å². The monoisotopic (exact) mass is 249 g/mol. The molecule has 18 heavy (non-hydrogen) atoms. The molecule has 0 spiro atoms. The van der Waals surface area contributed by atoms with Gasteiger partial charge >= 0.3 is 6.03 Å². The molecule has 6 nitrogen and oxygen atoms in total. The summed E-state index contributed by atoms with van der Waals surface area (Å²) in [7, 11) is 1.58. The van der Waals surface area contributed by atoms with Crippen LogP contribution in [0.2, 0.25) is 0 Å². The zero-order valence-corrected chi connectivity index (χ0v) is 10.1. The number of likely N-dealkylation sites (tertiary alicyclic amines) is 1. The van der Waals surface area contributed by atoms with Crippen LogP contribution < -0.4 is 15.8 Å². The highest BCUT2D eigenvalue weighted by Crippen LogP contribution is 2.22. The maximum absolute atomic E-state index is 11.3. The highest BCUT2D eigenvalue weighted by atomic mass is 16.5. The number of carbonyl (C=O) groups excluding carboxylic acids is 2. The van der Waals surface area contributed by atoms with Gasteiger partial charge in [0.05, 0.1) is 18.7 Å². The molecule has 0 aromatic heterocycles. The zero-order chi connectivity index (χ0) is 13.1. The zero-order valence-electron chi connectivity index (χ0n) is 10.1. The molecule has 0 bridgehead atoms. The quantitative estimate of drug-likeness (QED) is 0.801. The molecule has 0 radical (unpaired) electrons. The van der Waals surface area contributed by atoms with E-state index in [0.717, 1.165) is 0 Å². The van der Waals surface area contributed by atoms with Crippen LogP contribution in [0.5, 0.6) is 5.75 Å². The van der Waals surface area contributed by atoms with Crippen LogP contribution >= 0.6 is 0 Å². The van der Waals surface area contributed by atoms with Crippen molar-refractivity contribution in [3.8, 4) is 5.75 Å². The molecule has 2 rings (SSSR count). The second-order valence-electron chi connectivity index (χ2n) is 4.06. The minimum Gasteiger partial charge on any atom is -0.486 e. The van der Waals surface area contributed by atoms with Crippen molar-refractivity contribution < 1.29 is 14.3 Å². The fourth-order valence-corrected chi connectivity index (χ4v) is 1.79. The number of benzene rings is 1. The molecular formula is C12H15N3O3. The van der Waals surface area contributed by atoms with Crippen LogP contribution in [-0.4, -0.2) is 43.1 Å². The third-order valence-electron chi connectivity index (χ3n) is 2.80. The number of urea groups is 1. The molecule has 0 unspecified atom stereocenters. The Morgan fingerprint density at radius 2 is 2.06 bits per heavy atom. The number of amides is 3. The van der Waals surface area contributed by atoms with Crippen LogP contribution in [0.15, 0.2) is 24.3 Å². The molecule has 3 N–H and O–H groups in total. The van der Waals surface area contributed by atoms with E-state index in [1.54, 1.807) is 36.2 Å². The summed E-state index contributed by atoms with van der Waals surface area (Å²) in [6.45, 7) is 1.01. The molecule has 0 aliphatic carbocycles. The molecule has 1 aromatic rings.